The van der Waals surface area contributed by atoms with E-state index in [0.717, 1.165) is 0 Å². The molecule has 15 nitrogen and oxygen atoms in total. The Hall–Kier alpha value is 1.35. The molecular formula is MgO15P5Tb. The zero-order valence-corrected chi connectivity index (χ0v) is 17.4. The van der Waals surface area contributed by atoms with Gasteiger partial charge in [-0.2, -0.15) is 0 Å². The molecule has 22 heavy (non-hydrogen) atoms. The van der Waals surface area contributed by atoms with Crippen molar-refractivity contribution in [2.75, 3.05) is 0 Å². The van der Waals surface area contributed by atoms with Crippen molar-refractivity contribution >= 4 is 62.6 Å². The molecule has 0 N–H and O–H groups in total. The van der Waals surface area contributed by atoms with E-state index in [-0.39, 0.29) is 61.7 Å². The van der Waals surface area contributed by atoms with E-state index in [1.54, 1.807) is 0 Å². The van der Waals surface area contributed by atoms with E-state index in [4.69, 9.17) is 70.1 Å². The van der Waals surface area contributed by atoms with Crippen molar-refractivity contribution in [3.63, 3.8) is 0 Å². The van der Waals surface area contributed by atoms with E-state index in [9.17, 15) is 0 Å². The number of rotatable bonds is 0. The van der Waals surface area contributed by atoms with Gasteiger partial charge >= 0.3 is 61.7 Å². The van der Waals surface area contributed by atoms with Crippen molar-refractivity contribution in [3.05, 3.63) is 0 Å². The summed E-state index contributed by atoms with van der Waals surface area (Å²) in [5.74, 6) is 0. The van der Waals surface area contributed by atoms with Crippen LogP contribution in [-0.2, 0) is 45.7 Å². The Morgan fingerprint density at radius 2 is 0.364 bits per heavy atom. The van der Waals surface area contributed by atoms with Crippen molar-refractivity contribution < 1.29 is 109 Å². The third-order valence-electron chi connectivity index (χ3n) is 0. The van der Waals surface area contributed by atoms with Crippen molar-refractivity contribution in [2.24, 2.45) is 0 Å². The molecule has 0 saturated carbocycles. The molecule has 0 aromatic carbocycles. The first kappa shape index (κ1) is 43.6. The summed E-state index contributed by atoms with van der Waals surface area (Å²) in [4.78, 5) is 42.4. The van der Waals surface area contributed by atoms with Crippen LogP contribution < -0.4 is 24.5 Å². The van der Waals surface area contributed by atoms with Crippen LogP contribution in [0.4, 0.5) is 0 Å². The van der Waals surface area contributed by atoms with Crippen LogP contribution in [0.1, 0.15) is 0 Å². The molecule has 0 amide bonds. The van der Waals surface area contributed by atoms with Crippen LogP contribution >= 0.6 is 39.5 Å². The predicted molar refractivity (Wildman–Crippen MR) is 47.2 cm³/mol. The third-order valence-corrected chi connectivity index (χ3v) is 0. The topological polar surface area (TPSA) is 286 Å². The maximum atomic E-state index is 8.48. The summed E-state index contributed by atoms with van der Waals surface area (Å²) in [5.41, 5.74) is 0. The Labute approximate surface area is 170 Å². The van der Waals surface area contributed by atoms with Crippen LogP contribution in [0.15, 0.2) is 0 Å². The average molecular weight is 578 g/mol. The molecule has 0 aliphatic heterocycles. The summed E-state index contributed by atoms with van der Waals surface area (Å²) < 4.78 is 84.8. The molecule has 0 atom stereocenters. The molecule has 0 aromatic heterocycles. The summed E-state index contributed by atoms with van der Waals surface area (Å²) >= 11 is 0. The molecule has 0 spiro atoms. The summed E-state index contributed by atoms with van der Waals surface area (Å²) in [6, 6.07) is 0. The predicted octanol–water partition coefficient (Wildman–Crippen LogP) is -3.21. The van der Waals surface area contributed by atoms with E-state index in [1.165, 1.54) is 0 Å². The summed E-state index contributed by atoms with van der Waals surface area (Å²) in [7, 11) is -16.9. The Morgan fingerprint density at radius 1 is 0.364 bits per heavy atom. The minimum atomic E-state index is -3.37. The first-order valence-electron chi connectivity index (χ1n) is 2.74. The second-order valence-electron chi connectivity index (χ2n) is 1.12. The molecule has 0 bridgehead atoms. The smallest absolute Gasteiger partial charge is 0.744 e. The maximum Gasteiger partial charge on any atom is 3.00 e. The van der Waals surface area contributed by atoms with Crippen LogP contribution in [-0.4, -0.2) is 23.1 Å². The van der Waals surface area contributed by atoms with Gasteiger partial charge in [0.2, 0.25) is 39.5 Å². The minimum Gasteiger partial charge on any atom is -0.744 e. The van der Waals surface area contributed by atoms with E-state index in [0.29, 0.717) is 0 Å². The Bertz CT molecular complexity index is 386. The first-order valence-corrected chi connectivity index (χ1v) is 8.22. The van der Waals surface area contributed by atoms with Gasteiger partial charge in [-0.3, -0.25) is 45.7 Å². The second kappa shape index (κ2) is 38.1. The van der Waals surface area contributed by atoms with Crippen LogP contribution in [0.5, 0.6) is 0 Å². The standard InChI is InChI=1S/Mg.5HO3P.Tb/c;5*1-4(2)3;/h;5*(H,1,2,3);/q+2;;;;;;+3/p-5. The van der Waals surface area contributed by atoms with Crippen molar-refractivity contribution in [1.82, 2.24) is 0 Å². The fraction of sp³-hybridized carbons (Fsp3) is 0. The Balaban J connectivity index is -0.0000000250. The Morgan fingerprint density at radius 3 is 0.364 bits per heavy atom. The fourth-order valence-corrected chi connectivity index (χ4v) is 0. The van der Waals surface area contributed by atoms with Gasteiger partial charge in [-0.15, -0.1) is 0 Å². The van der Waals surface area contributed by atoms with Gasteiger partial charge in [-0.05, 0) is 0 Å². The molecule has 126 valence electrons. The van der Waals surface area contributed by atoms with Crippen LogP contribution in [0.25, 0.3) is 0 Å². The molecular weight excluding hydrogens is 578 g/mol. The van der Waals surface area contributed by atoms with Crippen molar-refractivity contribution in [2.45, 2.75) is 0 Å². The van der Waals surface area contributed by atoms with Crippen LogP contribution in [0.2, 0.25) is 0 Å². The molecule has 0 unspecified atom stereocenters. The molecule has 0 aliphatic carbocycles. The fourth-order valence-electron chi connectivity index (χ4n) is 0. The zero-order valence-electron chi connectivity index (χ0n) is 9.40. The quantitative estimate of drug-likeness (QED) is 0.202. The first-order chi connectivity index (χ1) is 8.66. The van der Waals surface area contributed by atoms with Gasteiger partial charge in [0, 0.05) is 0 Å². The largest absolute Gasteiger partial charge is 3.00 e. The number of hydrogen-bond donors (Lipinski definition) is 0. The maximum absolute atomic E-state index is 8.48. The van der Waals surface area contributed by atoms with Crippen molar-refractivity contribution in [3.8, 4) is 0 Å². The van der Waals surface area contributed by atoms with Crippen molar-refractivity contribution in [1.29, 1.82) is 0 Å². The average Bonchev–Trinajstić information content (AvgIpc) is 1.94. The molecule has 0 rings (SSSR count). The molecule has 0 radical (unpaired) electrons. The summed E-state index contributed by atoms with van der Waals surface area (Å²) in [6.45, 7) is 0. The second-order valence-corrected chi connectivity index (χ2v) is 3.35. The monoisotopic (exact) mass is 578 g/mol. The van der Waals surface area contributed by atoms with Gasteiger partial charge in [-0.25, -0.2) is 0 Å². The molecule has 0 heterocycles. The van der Waals surface area contributed by atoms with Gasteiger partial charge in [0.1, 0.15) is 0 Å². The van der Waals surface area contributed by atoms with Gasteiger partial charge in [0.05, 0.1) is 0 Å². The van der Waals surface area contributed by atoms with E-state index < -0.39 is 39.5 Å². The van der Waals surface area contributed by atoms with E-state index >= 15 is 0 Å². The molecule has 0 aliphatic rings. The SMILES string of the molecule is O=P(=O)[O-].O=P(=O)[O-].O=P(=O)[O-].O=P(=O)[O-].O=P(=O)[O-].[Mg+2].[Tb+3]. The zero-order chi connectivity index (χ0) is 17.9. The summed E-state index contributed by atoms with van der Waals surface area (Å²) in [5, 5.41) is 0. The van der Waals surface area contributed by atoms with Gasteiger partial charge < -0.3 is 24.5 Å². The molecule has 22 heteroatoms. The molecule has 0 aromatic rings. The van der Waals surface area contributed by atoms with Crippen LogP contribution in [0, 0.1) is 38.6 Å². The number of hydrogen-bond acceptors (Lipinski definition) is 15. The normalized spacial score (nSPS) is 5.68. The van der Waals surface area contributed by atoms with Crippen LogP contribution in [0.3, 0.4) is 0 Å². The van der Waals surface area contributed by atoms with Gasteiger partial charge in [0.15, 0.2) is 0 Å². The van der Waals surface area contributed by atoms with Gasteiger partial charge in [-0.1, -0.05) is 0 Å². The van der Waals surface area contributed by atoms with E-state index in [2.05, 4.69) is 0 Å². The van der Waals surface area contributed by atoms with E-state index in [1.807, 2.05) is 0 Å². The minimum absolute atomic E-state index is 0. The third kappa shape index (κ3) is 4840. The molecule has 0 fully saturated rings. The summed E-state index contributed by atoms with van der Waals surface area (Å²) in [6.07, 6.45) is 0. The Kier molecular flexibility index (Phi) is 75.6. The molecule has 0 saturated heterocycles. The van der Waals surface area contributed by atoms with Gasteiger partial charge in [0.25, 0.3) is 0 Å².